The van der Waals surface area contributed by atoms with E-state index in [-0.39, 0.29) is 24.5 Å². The molecule has 24 heavy (non-hydrogen) atoms. The Labute approximate surface area is 150 Å². The van der Waals surface area contributed by atoms with Gasteiger partial charge in [0.2, 0.25) is 0 Å². The van der Waals surface area contributed by atoms with Crippen LogP contribution in [0, 0.1) is 0 Å². The molecule has 0 radical (unpaired) electrons. The van der Waals surface area contributed by atoms with Gasteiger partial charge >= 0.3 is 7.12 Å². The van der Waals surface area contributed by atoms with Gasteiger partial charge in [0, 0.05) is 24.1 Å². The fourth-order valence-corrected chi connectivity index (χ4v) is 3.15. The monoisotopic (exact) mass is 350 g/mol. The summed E-state index contributed by atoms with van der Waals surface area (Å²) in [6, 6.07) is 0. The van der Waals surface area contributed by atoms with Crippen molar-refractivity contribution in [3.8, 4) is 0 Å². The summed E-state index contributed by atoms with van der Waals surface area (Å²) in [7, 11) is -0.373. The molecule has 132 valence electrons. The molecule has 0 amide bonds. The highest BCUT2D eigenvalue weighted by Crippen LogP contribution is 2.39. The standard InChI is InChI=1S/C17H27BN2O3S/c1-16(2)17(3,4)23-18(22-16)14(12-24)9-13-10-19-20(11-13)15-7-5-6-8-21-15/h9-11,15,24H,5-8,12H2,1-4H3/t15-/m0/s1. The lowest BCUT2D eigenvalue weighted by atomic mass is 9.78. The summed E-state index contributed by atoms with van der Waals surface area (Å²) in [5, 5.41) is 4.45. The fraction of sp³-hybridized carbons (Fsp3) is 0.706. The Kier molecular flexibility index (Phi) is 5.16. The van der Waals surface area contributed by atoms with E-state index in [1.54, 1.807) is 0 Å². The largest absolute Gasteiger partial charge is 0.491 e. The van der Waals surface area contributed by atoms with E-state index in [1.807, 2.05) is 17.1 Å². The van der Waals surface area contributed by atoms with Crippen LogP contribution >= 0.6 is 12.6 Å². The van der Waals surface area contributed by atoms with Crippen molar-refractivity contribution in [3.05, 3.63) is 23.4 Å². The van der Waals surface area contributed by atoms with Gasteiger partial charge in [-0.15, -0.1) is 0 Å². The van der Waals surface area contributed by atoms with Crippen LogP contribution < -0.4 is 0 Å². The van der Waals surface area contributed by atoms with Crippen LogP contribution in [0.15, 0.2) is 17.9 Å². The van der Waals surface area contributed by atoms with Crippen molar-refractivity contribution < 1.29 is 14.0 Å². The van der Waals surface area contributed by atoms with E-state index in [2.05, 4.69) is 51.5 Å². The first-order chi connectivity index (χ1) is 11.3. The van der Waals surface area contributed by atoms with E-state index >= 15 is 0 Å². The zero-order valence-electron chi connectivity index (χ0n) is 15.0. The second-order valence-corrected chi connectivity index (χ2v) is 7.86. The molecule has 0 saturated carbocycles. The van der Waals surface area contributed by atoms with Crippen molar-refractivity contribution in [1.29, 1.82) is 0 Å². The van der Waals surface area contributed by atoms with Crippen molar-refractivity contribution >= 4 is 25.8 Å². The van der Waals surface area contributed by atoms with Gasteiger partial charge in [0.25, 0.3) is 0 Å². The van der Waals surface area contributed by atoms with Gasteiger partial charge in [-0.3, -0.25) is 0 Å². The Morgan fingerprint density at radius 1 is 1.33 bits per heavy atom. The molecular weight excluding hydrogens is 323 g/mol. The van der Waals surface area contributed by atoms with Crippen molar-refractivity contribution in [1.82, 2.24) is 9.78 Å². The lowest BCUT2D eigenvalue weighted by Gasteiger charge is -2.32. The van der Waals surface area contributed by atoms with Crippen LogP contribution in [0.1, 0.15) is 58.7 Å². The van der Waals surface area contributed by atoms with Crippen molar-refractivity contribution in [2.45, 2.75) is 64.4 Å². The Morgan fingerprint density at radius 2 is 2.04 bits per heavy atom. The van der Waals surface area contributed by atoms with Crippen molar-refractivity contribution in [2.24, 2.45) is 0 Å². The van der Waals surface area contributed by atoms with E-state index < -0.39 is 0 Å². The SMILES string of the molecule is CC1(C)OB(C(=Cc2cnn([C@@H]3CCCCO3)c2)CS)OC1(C)C. The van der Waals surface area contributed by atoms with Crippen LogP contribution in [-0.2, 0) is 14.0 Å². The third-order valence-corrected chi connectivity index (χ3v) is 5.53. The summed E-state index contributed by atoms with van der Waals surface area (Å²) in [5.41, 5.74) is 1.32. The maximum atomic E-state index is 6.12. The van der Waals surface area contributed by atoms with E-state index in [1.165, 1.54) is 6.42 Å². The second kappa shape index (κ2) is 6.86. The van der Waals surface area contributed by atoms with Gasteiger partial charge in [0.1, 0.15) is 6.23 Å². The van der Waals surface area contributed by atoms with E-state index in [4.69, 9.17) is 14.0 Å². The number of ether oxygens (including phenoxy) is 1. The average molecular weight is 350 g/mol. The summed E-state index contributed by atoms with van der Waals surface area (Å²) >= 11 is 4.46. The summed E-state index contributed by atoms with van der Waals surface area (Å²) < 4.78 is 19.9. The van der Waals surface area contributed by atoms with Crippen LogP contribution in [0.4, 0.5) is 0 Å². The summed E-state index contributed by atoms with van der Waals surface area (Å²) in [6.07, 6.45) is 9.32. The highest BCUT2D eigenvalue weighted by Gasteiger charge is 2.52. The molecule has 0 aliphatic carbocycles. The maximum Gasteiger partial charge on any atom is 0.491 e. The molecule has 1 aromatic heterocycles. The molecule has 2 saturated heterocycles. The lowest BCUT2D eigenvalue weighted by molar-refractivity contribution is -0.0394. The molecule has 2 aliphatic heterocycles. The van der Waals surface area contributed by atoms with Gasteiger partial charge in [0.05, 0.1) is 17.4 Å². The van der Waals surface area contributed by atoms with E-state index in [0.29, 0.717) is 5.75 Å². The predicted molar refractivity (Wildman–Crippen MR) is 99.0 cm³/mol. The summed E-state index contributed by atoms with van der Waals surface area (Å²) in [5.74, 6) is 0.571. The van der Waals surface area contributed by atoms with Crippen molar-refractivity contribution in [2.75, 3.05) is 12.4 Å². The number of hydrogen-bond donors (Lipinski definition) is 1. The molecule has 0 spiro atoms. The first-order valence-electron chi connectivity index (χ1n) is 8.65. The molecule has 1 atom stereocenters. The molecule has 5 nitrogen and oxygen atoms in total. The maximum absolute atomic E-state index is 6.12. The van der Waals surface area contributed by atoms with Crippen LogP contribution in [-0.4, -0.2) is 40.5 Å². The molecule has 3 rings (SSSR count). The molecular formula is C17H27BN2O3S. The van der Waals surface area contributed by atoms with Gasteiger partial charge < -0.3 is 14.0 Å². The number of hydrogen-bond acceptors (Lipinski definition) is 5. The molecule has 2 aliphatic rings. The minimum atomic E-state index is -0.373. The van der Waals surface area contributed by atoms with Crippen LogP contribution in [0.3, 0.4) is 0 Å². The van der Waals surface area contributed by atoms with E-state index in [0.717, 1.165) is 30.5 Å². The van der Waals surface area contributed by atoms with Crippen LogP contribution in [0.25, 0.3) is 6.08 Å². The quantitative estimate of drug-likeness (QED) is 0.667. The fourth-order valence-electron chi connectivity index (χ4n) is 2.91. The zero-order chi connectivity index (χ0) is 17.4. The molecule has 7 heteroatoms. The number of thiol groups is 1. The molecule has 0 N–H and O–H groups in total. The smallest absolute Gasteiger partial charge is 0.400 e. The number of aromatic nitrogens is 2. The van der Waals surface area contributed by atoms with Gasteiger partial charge in [-0.25, -0.2) is 4.68 Å². The molecule has 0 unspecified atom stereocenters. The van der Waals surface area contributed by atoms with Crippen LogP contribution in [0.2, 0.25) is 0 Å². The molecule has 3 heterocycles. The lowest BCUT2D eigenvalue weighted by Crippen LogP contribution is -2.41. The van der Waals surface area contributed by atoms with E-state index in [9.17, 15) is 0 Å². The first-order valence-corrected chi connectivity index (χ1v) is 9.28. The van der Waals surface area contributed by atoms with Crippen LogP contribution in [0.5, 0.6) is 0 Å². The van der Waals surface area contributed by atoms with Gasteiger partial charge in [-0.05, 0) is 52.4 Å². The molecule has 0 aromatic carbocycles. The molecule has 0 bridgehead atoms. The molecule has 1 aromatic rings. The highest BCUT2D eigenvalue weighted by molar-refractivity contribution is 7.80. The Balaban J connectivity index is 1.75. The second-order valence-electron chi connectivity index (χ2n) is 7.54. The Bertz CT molecular complexity index is 593. The van der Waals surface area contributed by atoms with Gasteiger partial charge in [-0.2, -0.15) is 17.7 Å². The van der Waals surface area contributed by atoms with Gasteiger partial charge in [-0.1, -0.05) is 6.08 Å². The first kappa shape index (κ1) is 18.0. The number of rotatable bonds is 4. The third-order valence-electron chi connectivity index (χ3n) is 5.16. The Morgan fingerprint density at radius 3 is 2.62 bits per heavy atom. The topological polar surface area (TPSA) is 45.5 Å². The third kappa shape index (κ3) is 3.59. The minimum absolute atomic E-state index is 0.0530. The summed E-state index contributed by atoms with van der Waals surface area (Å²) in [4.78, 5) is 0. The average Bonchev–Trinajstić information content (AvgIpc) is 3.08. The van der Waals surface area contributed by atoms with Crippen molar-refractivity contribution in [3.63, 3.8) is 0 Å². The zero-order valence-corrected chi connectivity index (χ0v) is 15.9. The van der Waals surface area contributed by atoms with Gasteiger partial charge in [0.15, 0.2) is 0 Å². The normalized spacial score (nSPS) is 26.8. The minimum Gasteiger partial charge on any atom is -0.400 e. The predicted octanol–water partition coefficient (Wildman–Crippen LogP) is 3.53. The highest BCUT2D eigenvalue weighted by atomic mass is 32.1. The summed E-state index contributed by atoms with van der Waals surface area (Å²) in [6.45, 7) is 9.04. The number of nitrogens with zero attached hydrogens (tertiary/aromatic N) is 2. The molecule has 2 fully saturated rings. The Hall–Kier alpha value is -0.755.